The average Bonchev–Trinajstić information content (AvgIpc) is 2.41. The molecule has 2 rings (SSSR count). The quantitative estimate of drug-likeness (QED) is 0.689. The van der Waals surface area contributed by atoms with E-state index in [1.54, 1.807) is 6.07 Å². The second kappa shape index (κ2) is 5.63. The Bertz CT molecular complexity index is 643. The fourth-order valence-corrected chi connectivity index (χ4v) is 1.86. The molecule has 0 aliphatic rings. The van der Waals surface area contributed by atoms with Crippen LogP contribution in [-0.2, 0) is 4.79 Å². The molecule has 0 atom stereocenters. The first kappa shape index (κ1) is 13.2. The molecule has 0 radical (unpaired) electrons. The summed E-state index contributed by atoms with van der Waals surface area (Å²) in [7, 11) is 0. The number of rotatable bonds is 4. The summed E-state index contributed by atoms with van der Waals surface area (Å²) in [5.41, 5.74) is 0.357. The van der Waals surface area contributed by atoms with E-state index in [9.17, 15) is 14.0 Å². The van der Waals surface area contributed by atoms with E-state index in [1.165, 1.54) is 36.4 Å². The van der Waals surface area contributed by atoms with Crippen molar-refractivity contribution in [3.63, 3.8) is 0 Å². The van der Waals surface area contributed by atoms with Crippen molar-refractivity contribution in [2.24, 2.45) is 0 Å². The number of hydrogen-bond donors (Lipinski definition) is 1. The second-order valence-electron chi connectivity index (χ2n) is 3.76. The molecule has 1 N–H and O–H groups in total. The molecule has 0 aliphatic carbocycles. The molecule has 19 heavy (non-hydrogen) atoms. The van der Waals surface area contributed by atoms with Crippen LogP contribution >= 0.6 is 11.6 Å². The molecule has 0 bridgehead atoms. The fourth-order valence-electron chi connectivity index (χ4n) is 1.68. The summed E-state index contributed by atoms with van der Waals surface area (Å²) in [6.07, 6.45) is 0.446. The number of halogens is 2. The van der Waals surface area contributed by atoms with Crippen molar-refractivity contribution in [1.82, 2.24) is 0 Å². The van der Waals surface area contributed by atoms with Crippen molar-refractivity contribution in [1.29, 1.82) is 0 Å². The van der Waals surface area contributed by atoms with E-state index in [0.717, 1.165) is 0 Å². The summed E-state index contributed by atoms with van der Waals surface area (Å²) >= 11 is 5.83. The Balaban J connectivity index is 2.52. The summed E-state index contributed by atoms with van der Waals surface area (Å²) in [4.78, 5) is 22.8. The fraction of sp³-hybridized carbons (Fsp3) is 0. The van der Waals surface area contributed by atoms with Gasteiger partial charge in [0.25, 0.3) is 0 Å². The van der Waals surface area contributed by atoms with E-state index >= 15 is 0 Å². The molecule has 0 spiro atoms. The molecule has 96 valence electrons. The number of ketones is 1. The van der Waals surface area contributed by atoms with E-state index < -0.39 is 11.6 Å². The van der Waals surface area contributed by atoms with Crippen LogP contribution in [0.25, 0.3) is 0 Å². The molecular formula is C14H9ClFNO2. The van der Waals surface area contributed by atoms with Crippen LogP contribution in [0.1, 0.15) is 15.9 Å². The molecule has 0 fully saturated rings. The van der Waals surface area contributed by atoms with E-state index in [2.05, 4.69) is 5.32 Å². The molecule has 5 heteroatoms. The molecule has 0 saturated carbocycles. The number of nitrogens with one attached hydrogen (secondary N) is 1. The van der Waals surface area contributed by atoms with Crippen molar-refractivity contribution >= 4 is 29.5 Å². The van der Waals surface area contributed by atoms with Crippen molar-refractivity contribution in [3.05, 3.63) is 64.4 Å². The van der Waals surface area contributed by atoms with Gasteiger partial charge < -0.3 is 5.32 Å². The molecule has 2 aromatic carbocycles. The molecule has 0 aromatic heterocycles. The first-order valence-corrected chi connectivity index (χ1v) is 5.80. The number of hydrogen-bond acceptors (Lipinski definition) is 2. The Hall–Kier alpha value is -2.20. The van der Waals surface area contributed by atoms with E-state index in [-0.39, 0.29) is 16.8 Å². The topological polar surface area (TPSA) is 46.2 Å². The summed E-state index contributed by atoms with van der Waals surface area (Å²) in [6.45, 7) is 0. The van der Waals surface area contributed by atoms with Gasteiger partial charge in [-0.3, -0.25) is 9.59 Å². The van der Waals surface area contributed by atoms with Gasteiger partial charge in [-0.2, -0.15) is 0 Å². The lowest BCUT2D eigenvalue weighted by Gasteiger charge is -2.08. The van der Waals surface area contributed by atoms with Gasteiger partial charge in [0.1, 0.15) is 5.82 Å². The third-order valence-corrected chi connectivity index (χ3v) is 2.79. The van der Waals surface area contributed by atoms with Crippen LogP contribution in [-0.4, -0.2) is 12.2 Å². The third kappa shape index (κ3) is 2.80. The van der Waals surface area contributed by atoms with Crippen LogP contribution in [0.2, 0.25) is 5.02 Å². The minimum atomic E-state index is -0.621. The van der Waals surface area contributed by atoms with Gasteiger partial charge in [0.15, 0.2) is 5.78 Å². The van der Waals surface area contributed by atoms with Crippen LogP contribution < -0.4 is 5.32 Å². The maximum Gasteiger partial charge on any atom is 0.211 e. The van der Waals surface area contributed by atoms with Gasteiger partial charge >= 0.3 is 0 Å². The Morgan fingerprint density at radius 1 is 1.16 bits per heavy atom. The van der Waals surface area contributed by atoms with Crippen LogP contribution in [0.15, 0.2) is 42.5 Å². The van der Waals surface area contributed by atoms with Gasteiger partial charge in [0.05, 0.1) is 11.3 Å². The summed E-state index contributed by atoms with van der Waals surface area (Å²) in [6, 6.07) is 10.1. The van der Waals surface area contributed by atoms with E-state index in [4.69, 9.17) is 11.6 Å². The highest BCUT2D eigenvalue weighted by atomic mass is 35.5. The zero-order valence-electron chi connectivity index (χ0n) is 9.69. The first-order chi connectivity index (χ1) is 9.13. The smallest absolute Gasteiger partial charge is 0.211 e. The number of anilines is 1. The molecule has 0 saturated heterocycles. The zero-order valence-corrected chi connectivity index (χ0v) is 10.4. The lowest BCUT2D eigenvalue weighted by atomic mass is 10.0. The van der Waals surface area contributed by atoms with Crippen LogP contribution in [0.4, 0.5) is 10.1 Å². The van der Waals surface area contributed by atoms with Gasteiger partial charge in [0.2, 0.25) is 6.41 Å². The second-order valence-corrected chi connectivity index (χ2v) is 4.20. The number of carbonyl (C=O) groups is 2. The minimum absolute atomic E-state index is 0.0706. The maximum absolute atomic E-state index is 13.6. The largest absolute Gasteiger partial charge is 0.328 e. The maximum atomic E-state index is 13.6. The van der Waals surface area contributed by atoms with Crippen LogP contribution in [0, 0.1) is 5.82 Å². The van der Waals surface area contributed by atoms with E-state index in [0.29, 0.717) is 11.4 Å². The number of carbonyl (C=O) groups excluding carboxylic acids is 2. The lowest BCUT2D eigenvalue weighted by Crippen LogP contribution is -2.08. The molecule has 2 aromatic rings. The van der Waals surface area contributed by atoms with Crippen molar-refractivity contribution in [2.45, 2.75) is 0 Å². The molecule has 1 amide bonds. The molecule has 0 heterocycles. The zero-order chi connectivity index (χ0) is 13.8. The Kier molecular flexibility index (Phi) is 3.92. The predicted molar refractivity (Wildman–Crippen MR) is 71.0 cm³/mol. The highest BCUT2D eigenvalue weighted by molar-refractivity contribution is 6.31. The SMILES string of the molecule is O=CNc1ccc(Cl)cc1C(=O)c1ccccc1F. The minimum Gasteiger partial charge on any atom is -0.328 e. The highest BCUT2D eigenvalue weighted by Gasteiger charge is 2.17. The molecule has 0 unspecified atom stereocenters. The van der Waals surface area contributed by atoms with Gasteiger partial charge in [-0.1, -0.05) is 23.7 Å². The lowest BCUT2D eigenvalue weighted by molar-refractivity contribution is -0.105. The molecular weight excluding hydrogens is 269 g/mol. The summed E-state index contributed by atoms with van der Waals surface area (Å²) in [5, 5.41) is 2.72. The summed E-state index contributed by atoms with van der Waals surface area (Å²) in [5.74, 6) is -1.16. The average molecular weight is 278 g/mol. The third-order valence-electron chi connectivity index (χ3n) is 2.56. The summed E-state index contributed by atoms with van der Waals surface area (Å²) < 4.78 is 13.6. The van der Waals surface area contributed by atoms with Gasteiger partial charge in [-0.15, -0.1) is 0 Å². The standard InChI is InChI=1S/C14H9ClFNO2/c15-9-5-6-13(17-8-18)11(7-9)14(19)10-3-1-2-4-12(10)16/h1-8H,(H,17,18). The van der Waals surface area contributed by atoms with Gasteiger partial charge in [-0.05, 0) is 30.3 Å². The highest BCUT2D eigenvalue weighted by Crippen LogP contribution is 2.24. The van der Waals surface area contributed by atoms with Gasteiger partial charge in [0, 0.05) is 10.6 Å². The monoisotopic (exact) mass is 277 g/mol. The number of amides is 1. The Morgan fingerprint density at radius 2 is 1.89 bits per heavy atom. The Labute approximate surface area is 114 Å². The van der Waals surface area contributed by atoms with Crippen molar-refractivity contribution in [2.75, 3.05) is 5.32 Å². The Morgan fingerprint density at radius 3 is 2.58 bits per heavy atom. The normalized spacial score (nSPS) is 10.0. The van der Waals surface area contributed by atoms with Crippen LogP contribution in [0.5, 0.6) is 0 Å². The van der Waals surface area contributed by atoms with Crippen molar-refractivity contribution in [3.8, 4) is 0 Å². The predicted octanol–water partition coefficient (Wildman–Crippen LogP) is 3.28. The first-order valence-electron chi connectivity index (χ1n) is 5.42. The van der Waals surface area contributed by atoms with Crippen molar-refractivity contribution < 1.29 is 14.0 Å². The molecule has 3 nitrogen and oxygen atoms in total. The number of benzene rings is 2. The molecule has 0 aliphatic heterocycles. The van der Waals surface area contributed by atoms with E-state index in [1.807, 2.05) is 0 Å². The van der Waals surface area contributed by atoms with Crippen LogP contribution in [0.3, 0.4) is 0 Å². The van der Waals surface area contributed by atoms with Gasteiger partial charge in [-0.25, -0.2) is 4.39 Å².